The van der Waals surface area contributed by atoms with Crippen LogP contribution in [-0.2, 0) is 4.43 Å². The standard InChI is InChI=1S/C12H28O2Si/c1-9(2)12(14-15(5,6)7)10(3)8-11(4)13/h9-13H,8H2,1-7H3/t10-,11?,12-/m1/s1. The molecule has 0 aromatic heterocycles. The molecule has 1 N–H and O–H groups in total. The lowest BCUT2D eigenvalue weighted by molar-refractivity contribution is 0.0578. The highest BCUT2D eigenvalue weighted by atomic mass is 28.4. The lowest BCUT2D eigenvalue weighted by Crippen LogP contribution is -2.39. The molecule has 92 valence electrons. The van der Waals surface area contributed by atoms with E-state index >= 15 is 0 Å². The van der Waals surface area contributed by atoms with Crippen molar-refractivity contribution in [3.63, 3.8) is 0 Å². The SMILES string of the molecule is CC(O)C[C@@H](C)[C@H](O[Si](C)(C)C)C(C)C. The summed E-state index contributed by atoms with van der Waals surface area (Å²) in [6.07, 6.45) is 0.880. The molecule has 0 fully saturated rings. The minimum atomic E-state index is -1.48. The van der Waals surface area contributed by atoms with Gasteiger partial charge in [-0.05, 0) is 44.8 Å². The van der Waals surface area contributed by atoms with Crippen molar-refractivity contribution in [3.8, 4) is 0 Å². The van der Waals surface area contributed by atoms with Gasteiger partial charge < -0.3 is 9.53 Å². The van der Waals surface area contributed by atoms with E-state index in [0.29, 0.717) is 11.8 Å². The fourth-order valence-corrected chi connectivity index (χ4v) is 3.31. The second kappa shape index (κ2) is 6.02. The minimum Gasteiger partial charge on any atom is -0.414 e. The zero-order valence-corrected chi connectivity index (χ0v) is 12.4. The van der Waals surface area contributed by atoms with Crippen molar-refractivity contribution in [1.29, 1.82) is 0 Å². The Hall–Kier alpha value is 0.137. The van der Waals surface area contributed by atoms with Gasteiger partial charge in [-0.3, -0.25) is 0 Å². The van der Waals surface area contributed by atoms with E-state index in [1.54, 1.807) is 0 Å². The van der Waals surface area contributed by atoms with Gasteiger partial charge in [0.25, 0.3) is 0 Å². The van der Waals surface area contributed by atoms with Crippen molar-refractivity contribution < 1.29 is 9.53 Å². The van der Waals surface area contributed by atoms with Crippen LogP contribution in [0.25, 0.3) is 0 Å². The van der Waals surface area contributed by atoms with E-state index in [9.17, 15) is 5.11 Å². The maximum atomic E-state index is 9.41. The first kappa shape index (κ1) is 15.1. The van der Waals surface area contributed by atoms with Crippen LogP contribution in [0.4, 0.5) is 0 Å². The van der Waals surface area contributed by atoms with E-state index in [-0.39, 0.29) is 12.2 Å². The van der Waals surface area contributed by atoms with E-state index < -0.39 is 8.32 Å². The summed E-state index contributed by atoms with van der Waals surface area (Å²) in [7, 11) is -1.48. The topological polar surface area (TPSA) is 29.5 Å². The van der Waals surface area contributed by atoms with Gasteiger partial charge >= 0.3 is 0 Å². The highest BCUT2D eigenvalue weighted by molar-refractivity contribution is 6.69. The van der Waals surface area contributed by atoms with Gasteiger partial charge in [-0.2, -0.15) is 0 Å². The number of hydrogen-bond donors (Lipinski definition) is 1. The molecule has 0 aliphatic carbocycles. The Morgan fingerprint density at radius 1 is 1.07 bits per heavy atom. The average molecular weight is 232 g/mol. The Labute approximate surface area is 96.2 Å². The third-order valence-corrected chi connectivity index (χ3v) is 3.40. The molecule has 2 nitrogen and oxygen atoms in total. The van der Waals surface area contributed by atoms with E-state index in [0.717, 1.165) is 6.42 Å². The van der Waals surface area contributed by atoms with Crippen molar-refractivity contribution in [2.45, 2.75) is 66.0 Å². The molecular formula is C12H28O2Si. The molecular weight excluding hydrogens is 204 g/mol. The number of rotatable bonds is 6. The number of aliphatic hydroxyl groups is 1. The monoisotopic (exact) mass is 232 g/mol. The van der Waals surface area contributed by atoms with Crippen LogP contribution >= 0.6 is 0 Å². The zero-order valence-electron chi connectivity index (χ0n) is 11.4. The Morgan fingerprint density at radius 3 is 1.80 bits per heavy atom. The highest BCUT2D eigenvalue weighted by Gasteiger charge is 2.28. The summed E-state index contributed by atoms with van der Waals surface area (Å²) in [6.45, 7) is 15.1. The third kappa shape index (κ3) is 7.09. The molecule has 0 saturated carbocycles. The Balaban J connectivity index is 4.39. The summed E-state index contributed by atoms with van der Waals surface area (Å²) >= 11 is 0. The summed E-state index contributed by atoms with van der Waals surface area (Å²) in [4.78, 5) is 0. The van der Waals surface area contributed by atoms with E-state index in [1.807, 2.05) is 6.92 Å². The molecule has 0 aromatic rings. The fourth-order valence-electron chi connectivity index (χ4n) is 1.99. The van der Waals surface area contributed by atoms with Gasteiger partial charge in [-0.25, -0.2) is 0 Å². The van der Waals surface area contributed by atoms with E-state index in [2.05, 4.69) is 40.4 Å². The van der Waals surface area contributed by atoms with Gasteiger partial charge in [0.05, 0.1) is 6.10 Å². The van der Waals surface area contributed by atoms with Crippen LogP contribution in [0.2, 0.25) is 19.6 Å². The summed E-state index contributed by atoms with van der Waals surface area (Å²) in [5.41, 5.74) is 0. The van der Waals surface area contributed by atoms with Crippen molar-refractivity contribution in [3.05, 3.63) is 0 Å². The molecule has 0 radical (unpaired) electrons. The fraction of sp³-hybridized carbons (Fsp3) is 1.00. The molecule has 0 bridgehead atoms. The smallest absolute Gasteiger partial charge is 0.184 e. The first-order valence-corrected chi connectivity index (χ1v) is 9.40. The normalized spacial score (nSPS) is 19.0. The number of aliphatic hydroxyl groups excluding tert-OH is 1. The predicted octanol–water partition coefficient (Wildman–Crippen LogP) is 3.27. The third-order valence-electron chi connectivity index (χ3n) is 2.42. The van der Waals surface area contributed by atoms with Crippen LogP contribution in [0.3, 0.4) is 0 Å². The molecule has 0 heterocycles. The Morgan fingerprint density at radius 2 is 1.53 bits per heavy atom. The van der Waals surface area contributed by atoms with Gasteiger partial charge in [0, 0.05) is 6.10 Å². The molecule has 15 heavy (non-hydrogen) atoms. The van der Waals surface area contributed by atoms with E-state index in [4.69, 9.17) is 4.43 Å². The minimum absolute atomic E-state index is 0.230. The first-order chi connectivity index (χ1) is 6.63. The molecule has 0 aliphatic rings. The van der Waals surface area contributed by atoms with Crippen LogP contribution in [0.1, 0.15) is 34.1 Å². The molecule has 0 aromatic carbocycles. The summed E-state index contributed by atoms with van der Waals surface area (Å²) < 4.78 is 6.19. The molecule has 3 atom stereocenters. The van der Waals surface area contributed by atoms with Gasteiger partial charge in [0.15, 0.2) is 8.32 Å². The highest BCUT2D eigenvalue weighted by Crippen LogP contribution is 2.24. The molecule has 0 saturated heterocycles. The maximum Gasteiger partial charge on any atom is 0.184 e. The van der Waals surface area contributed by atoms with Crippen LogP contribution in [-0.4, -0.2) is 25.6 Å². The average Bonchev–Trinajstić information content (AvgIpc) is 1.96. The summed E-state index contributed by atoms with van der Waals surface area (Å²) in [5.74, 6) is 0.946. The maximum absolute atomic E-state index is 9.41. The van der Waals surface area contributed by atoms with Crippen LogP contribution in [0, 0.1) is 11.8 Å². The summed E-state index contributed by atoms with van der Waals surface area (Å²) in [5, 5.41) is 9.41. The quantitative estimate of drug-likeness (QED) is 0.712. The molecule has 1 unspecified atom stereocenters. The van der Waals surface area contributed by atoms with Crippen molar-refractivity contribution >= 4 is 8.32 Å². The van der Waals surface area contributed by atoms with Crippen molar-refractivity contribution in [2.75, 3.05) is 0 Å². The molecule has 3 heteroatoms. The number of hydrogen-bond acceptors (Lipinski definition) is 2. The van der Waals surface area contributed by atoms with Crippen LogP contribution < -0.4 is 0 Å². The van der Waals surface area contributed by atoms with Crippen molar-refractivity contribution in [2.24, 2.45) is 11.8 Å². The van der Waals surface area contributed by atoms with Crippen LogP contribution in [0.5, 0.6) is 0 Å². The Kier molecular flexibility index (Phi) is 6.07. The van der Waals surface area contributed by atoms with E-state index in [1.165, 1.54) is 0 Å². The molecule has 0 spiro atoms. The summed E-state index contributed by atoms with van der Waals surface area (Å²) in [6, 6.07) is 0. The lowest BCUT2D eigenvalue weighted by Gasteiger charge is -2.34. The molecule has 0 aliphatic heterocycles. The first-order valence-electron chi connectivity index (χ1n) is 5.99. The predicted molar refractivity (Wildman–Crippen MR) is 68.5 cm³/mol. The largest absolute Gasteiger partial charge is 0.414 e. The van der Waals surface area contributed by atoms with Gasteiger partial charge in [0.1, 0.15) is 0 Å². The molecule has 0 amide bonds. The zero-order chi connectivity index (χ0) is 12.2. The Bertz CT molecular complexity index is 173. The molecule has 0 rings (SSSR count). The van der Waals surface area contributed by atoms with Crippen LogP contribution in [0.15, 0.2) is 0 Å². The lowest BCUT2D eigenvalue weighted by atomic mass is 9.91. The van der Waals surface area contributed by atoms with Gasteiger partial charge in [-0.15, -0.1) is 0 Å². The van der Waals surface area contributed by atoms with Crippen molar-refractivity contribution in [1.82, 2.24) is 0 Å². The second-order valence-electron chi connectivity index (χ2n) is 6.00. The van der Waals surface area contributed by atoms with Gasteiger partial charge in [0.2, 0.25) is 0 Å². The van der Waals surface area contributed by atoms with Gasteiger partial charge in [-0.1, -0.05) is 20.8 Å². The second-order valence-corrected chi connectivity index (χ2v) is 10.5.